The molecule has 0 aliphatic rings. The van der Waals surface area contributed by atoms with E-state index in [9.17, 15) is 9.59 Å². The molecule has 0 fully saturated rings. The van der Waals surface area contributed by atoms with Crippen molar-refractivity contribution < 1.29 is 19.1 Å². The van der Waals surface area contributed by atoms with E-state index in [1.807, 2.05) is 0 Å². The van der Waals surface area contributed by atoms with Crippen LogP contribution >= 0.6 is 15.9 Å². The molecule has 1 unspecified atom stereocenters. The Morgan fingerprint density at radius 1 is 1.33 bits per heavy atom. The first-order chi connectivity index (χ1) is 9.70. The minimum atomic E-state index is -0.784. The summed E-state index contributed by atoms with van der Waals surface area (Å²) >= 11 is 3.15. The largest absolute Gasteiger partial charge is 0.481 e. The van der Waals surface area contributed by atoms with Crippen LogP contribution in [0.5, 0.6) is 0 Å². The fourth-order valence-corrected chi connectivity index (χ4v) is 2.50. The average molecular weight is 360 g/mol. The molecule has 0 saturated heterocycles. The molecule has 0 spiro atoms. The summed E-state index contributed by atoms with van der Waals surface area (Å²) in [6.07, 6.45) is 1.51. The van der Waals surface area contributed by atoms with Gasteiger partial charge >= 0.3 is 5.97 Å². The zero-order valence-electron chi connectivity index (χ0n) is 12.6. The van der Waals surface area contributed by atoms with E-state index in [0.29, 0.717) is 17.6 Å². The topological polar surface area (TPSA) is 79.5 Å². The smallest absolute Gasteiger partial charge is 0.303 e. The zero-order valence-corrected chi connectivity index (χ0v) is 14.2. The lowest BCUT2D eigenvalue weighted by atomic mass is 9.76. The predicted molar refractivity (Wildman–Crippen MR) is 83.2 cm³/mol. The van der Waals surface area contributed by atoms with Crippen LogP contribution in [0.1, 0.15) is 50.6 Å². The second-order valence-corrected chi connectivity index (χ2v) is 6.93. The molecule has 2 N–H and O–H groups in total. The van der Waals surface area contributed by atoms with Crippen molar-refractivity contribution in [1.82, 2.24) is 5.32 Å². The van der Waals surface area contributed by atoms with Crippen molar-refractivity contribution in [2.75, 3.05) is 6.54 Å². The quantitative estimate of drug-likeness (QED) is 0.777. The fraction of sp³-hybridized carbons (Fsp3) is 0.600. The van der Waals surface area contributed by atoms with Gasteiger partial charge in [-0.1, -0.05) is 20.8 Å². The Morgan fingerprint density at radius 3 is 2.48 bits per heavy atom. The first-order valence-electron chi connectivity index (χ1n) is 6.95. The van der Waals surface area contributed by atoms with Crippen molar-refractivity contribution in [3.8, 4) is 0 Å². The predicted octanol–water partition coefficient (Wildman–Crippen LogP) is 3.69. The molecule has 5 nitrogen and oxygen atoms in total. The minimum Gasteiger partial charge on any atom is -0.481 e. The Hall–Kier alpha value is -1.30. The molecule has 0 aliphatic heterocycles. The zero-order chi connectivity index (χ0) is 16.0. The van der Waals surface area contributed by atoms with Crippen LogP contribution in [-0.4, -0.2) is 23.5 Å². The number of halogens is 1. The molecule has 6 heteroatoms. The van der Waals surface area contributed by atoms with Gasteiger partial charge in [-0.3, -0.25) is 9.59 Å². The lowest BCUT2D eigenvalue weighted by Gasteiger charge is -2.30. The molecule has 118 valence electrons. The van der Waals surface area contributed by atoms with Gasteiger partial charge < -0.3 is 14.8 Å². The highest BCUT2D eigenvalue weighted by molar-refractivity contribution is 9.10. The van der Waals surface area contributed by atoms with Gasteiger partial charge in [-0.15, -0.1) is 0 Å². The molecule has 21 heavy (non-hydrogen) atoms. The molecule has 1 aromatic rings. The van der Waals surface area contributed by atoms with Gasteiger partial charge in [-0.05, 0) is 52.2 Å². The van der Waals surface area contributed by atoms with Gasteiger partial charge in [0.05, 0.1) is 0 Å². The number of rotatable bonds is 7. The Kier molecular flexibility index (Phi) is 6.45. The number of carbonyl (C=O) groups excluding carboxylic acids is 1. The Balaban J connectivity index is 2.46. The molecular weight excluding hydrogens is 338 g/mol. The first kappa shape index (κ1) is 17.8. The molecule has 0 saturated carbocycles. The third-order valence-electron chi connectivity index (χ3n) is 3.51. The van der Waals surface area contributed by atoms with Crippen molar-refractivity contribution in [2.45, 2.75) is 40.0 Å². The summed E-state index contributed by atoms with van der Waals surface area (Å²) in [5.41, 5.74) is 0.00783. The maximum absolute atomic E-state index is 11.8. The van der Waals surface area contributed by atoms with Crippen LogP contribution in [0.2, 0.25) is 0 Å². The summed E-state index contributed by atoms with van der Waals surface area (Å²) in [5, 5.41) is 11.6. The fourth-order valence-electron chi connectivity index (χ4n) is 2.19. The van der Waals surface area contributed by atoms with E-state index >= 15 is 0 Å². The van der Waals surface area contributed by atoms with Crippen molar-refractivity contribution in [1.29, 1.82) is 0 Å². The highest BCUT2D eigenvalue weighted by Crippen LogP contribution is 2.32. The molecule has 1 aromatic heterocycles. The third-order valence-corrected chi connectivity index (χ3v) is 3.93. The summed E-state index contributed by atoms with van der Waals surface area (Å²) in [7, 11) is 0. The maximum atomic E-state index is 11.8. The van der Waals surface area contributed by atoms with Crippen molar-refractivity contribution in [3.63, 3.8) is 0 Å². The Labute approximate surface area is 133 Å². The van der Waals surface area contributed by atoms with Gasteiger partial charge in [0.1, 0.15) is 0 Å². The van der Waals surface area contributed by atoms with Gasteiger partial charge in [0.2, 0.25) is 0 Å². The molecule has 1 heterocycles. The maximum Gasteiger partial charge on any atom is 0.303 e. The highest BCUT2D eigenvalue weighted by Gasteiger charge is 2.25. The number of hydrogen-bond donors (Lipinski definition) is 2. The normalized spacial score (nSPS) is 13.0. The van der Waals surface area contributed by atoms with E-state index < -0.39 is 5.97 Å². The van der Waals surface area contributed by atoms with Gasteiger partial charge in [-0.25, -0.2) is 0 Å². The van der Waals surface area contributed by atoms with E-state index in [0.717, 1.165) is 6.42 Å². The summed E-state index contributed by atoms with van der Waals surface area (Å²) < 4.78 is 5.69. The van der Waals surface area contributed by atoms with Crippen LogP contribution < -0.4 is 5.32 Å². The minimum absolute atomic E-state index is 0.00783. The van der Waals surface area contributed by atoms with E-state index in [-0.39, 0.29) is 29.4 Å². The number of hydrogen-bond acceptors (Lipinski definition) is 3. The van der Waals surface area contributed by atoms with Gasteiger partial charge in [0, 0.05) is 13.0 Å². The van der Waals surface area contributed by atoms with E-state index in [1.165, 1.54) is 0 Å². The second kappa shape index (κ2) is 7.64. The molecule has 0 radical (unpaired) electrons. The number of furan rings is 1. The molecule has 0 aromatic carbocycles. The Morgan fingerprint density at radius 2 is 2.00 bits per heavy atom. The molecule has 1 atom stereocenters. The van der Waals surface area contributed by atoms with Gasteiger partial charge in [0.25, 0.3) is 5.91 Å². The second-order valence-electron chi connectivity index (χ2n) is 6.14. The summed E-state index contributed by atoms with van der Waals surface area (Å²) in [4.78, 5) is 22.5. The lowest BCUT2D eigenvalue weighted by Crippen LogP contribution is -2.29. The van der Waals surface area contributed by atoms with E-state index in [4.69, 9.17) is 9.52 Å². The molecule has 0 bridgehead atoms. The molecule has 1 rings (SSSR count). The number of aliphatic carboxylic acids is 1. The monoisotopic (exact) mass is 359 g/mol. The van der Waals surface area contributed by atoms with E-state index in [1.54, 1.807) is 12.1 Å². The molecule has 1 amide bonds. The van der Waals surface area contributed by atoms with Crippen molar-refractivity contribution in [2.24, 2.45) is 11.3 Å². The van der Waals surface area contributed by atoms with Gasteiger partial charge in [0.15, 0.2) is 10.4 Å². The number of carboxylic acid groups (broad SMARTS) is 1. The third kappa shape index (κ3) is 6.33. The molecule has 0 aliphatic carbocycles. The van der Waals surface area contributed by atoms with Crippen molar-refractivity contribution in [3.05, 3.63) is 22.6 Å². The summed E-state index contributed by atoms with van der Waals surface area (Å²) in [5.74, 6) is -0.544. The number of carbonyl (C=O) groups is 2. The number of carboxylic acids is 1. The van der Waals surface area contributed by atoms with Gasteiger partial charge in [-0.2, -0.15) is 0 Å². The van der Waals surface area contributed by atoms with Crippen LogP contribution in [0, 0.1) is 11.3 Å². The SMILES string of the molecule is CC(C)(C)C(CCNC(=O)c1ccc(Br)o1)CCC(=O)O. The average Bonchev–Trinajstić information content (AvgIpc) is 2.78. The lowest BCUT2D eigenvalue weighted by molar-refractivity contribution is -0.137. The first-order valence-corrected chi connectivity index (χ1v) is 7.75. The van der Waals surface area contributed by atoms with Crippen LogP contribution in [0.25, 0.3) is 0 Å². The van der Waals surface area contributed by atoms with Crippen LogP contribution in [0.4, 0.5) is 0 Å². The number of nitrogens with one attached hydrogen (secondary N) is 1. The Bertz CT molecular complexity index is 490. The molecular formula is C15H22BrNO4. The van der Waals surface area contributed by atoms with Crippen LogP contribution in [0.15, 0.2) is 21.2 Å². The van der Waals surface area contributed by atoms with Crippen LogP contribution in [0.3, 0.4) is 0 Å². The number of amides is 1. The summed E-state index contributed by atoms with van der Waals surface area (Å²) in [6, 6.07) is 3.27. The summed E-state index contributed by atoms with van der Waals surface area (Å²) in [6.45, 7) is 6.76. The highest BCUT2D eigenvalue weighted by atomic mass is 79.9. The van der Waals surface area contributed by atoms with E-state index in [2.05, 4.69) is 42.0 Å². The van der Waals surface area contributed by atoms with Crippen molar-refractivity contribution >= 4 is 27.8 Å². The standard InChI is InChI=1S/C15H22BrNO4/c1-15(2,3)10(4-7-13(18)19)8-9-17-14(20)11-5-6-12(16)21-11/h5-6,10H,4,7-9H2,1-3H3,(H,17,20)(H,18,19). The van der Waals surface area contributed by atoms with Crippen LogP contribution in [-0.2, 0) is 4.79 Å².